The summed E-state index contributed by atoms with van der Waals surface area (Å²) < 4.78 is 0. The van der Waals surface area contributed by atoms with Crippen LogP contribution in [-0.4, -0.2) is 31.8 Å². The van der Waals surface area contributed by atoms with Crippen LogP contribution in [0.3, 0.4) is 0 Å². The zero-order valence-electron chi connectivity index (χ0n) is 7.53. The Morgan fingerprint density at radius 3 is 3.00 bits per heavy atom. The molecule has 1 amide bonds. The average molecular weight is 210 g/mol. The molecular weight excluding hydrogens is 200 g/mol. The van der Waals surface area contributed by atoms with Crippen LogP contribution in [0.1, 0.15) is 9.67 Å². The van der Waals surface area contributed by atoms with Gasteiger partial charge in [-0.25, -0.2) is 0 Å². The maximum absolute atomic E-state index is 11.1. The van der Waals surface area contributed by atoms with E-state index >= 15 is 0 Å². The molecule has 0 atom stereocenters. The molecule has 0 spiro atoms. The number of anilines is 1. The molecule has 1 aliphatic rings. The van der Waals surface area contributed by atoms with Crippen molar-refractivity contribution >= 4 is 28.5 Å². The molecule has 0 unspecified atom stereocenters. The second kappa shape index (κ2) is 3.79. The van der Waals surface area contributed by atoms with E-state index in [-0.39, 0.29) is 5.91 Å². The van der Waals surface area contributed by atoms with E-state index in [1.165, 1.54) is 11.3 Å². The predicted molar refractivity (Wildman–Crippen MR) is 54.9 cm³/mol. The molecule has 0 saturated carbocycles. The van der Waals surface area contributed by atoms with Gasteiger partial charge in [0.15, 0.2) is 6.29 Å². The molecule has 1 saturated heterocycles. The van der Waals surface area contributed by atoms with Gasteiger partial charge in [0.25, 0.3) is 0 Å². The van der Waals surface area contributed by atoms with E-state index in [0.29, 0.717) is 18.0 Å². The second-order valence-electron chi connectivity index (χ2n) is 3.07. The van der Waals surface area contributed by atoms with Gasteiger partial charge in [-0.3, -0.25) is 9.59 Å². The number of hydrogen-bond acceptors (Lipinski definition) is 4. The van der Waals surface area contributed by atoms with Crippen LogP contribution in [0.15, 0.2) is 12.1 Å². The highest BCUT2D eigenvalue weighted by Gasteiger charge is 2.17. The van der Waals surface area contributed by atoms with Crippen LogP contribution < -0.4 is 10.2 Å². The van der Waals surface area contributed by atoms with Gasteiger partial charge in [-0.2, -0.15) is 0 Å². The first-order valence-corrected chi connectivity index (χ1v) is 5.18. The van der Waals surface area contributed by atoms with Crippen LogP contribution in [0.4, 0.5) is 5.00 Å². The lowest BCUT2D eigenvalue weighted by Gasteiger charge is -2.26. The number of carbonyl (C=O) groups excluding carboxylic acids is 2. The molecule has 1 aliphatic heterocycles. The third-order valence-electron chi connectivity index (χ3n) is 2.08. The van der Waals surface area contributed by atoms with Crippen LogP contribution in [0.2, 0.25) is 0 Å². The van der Waals surface area contributed by atoms with Gasteiger partial charge in [0.05, 0.1) is 16.4 Å². The van der Waals surface area contributed by atoms with Gasteiger partial charge in [0, 0.05) is 13.1 Å². The molecule has 0 bridgehead atoms. The standard InChI is InChI=1S/C9H10N2O2S/c12-6-7-1-2-9(14-7)11-4-3-10-8(13)5-11/h1-2,6H,3-5H2,(H,10,13). The molecule has 1 aromatic heterocycles. The molecule has 1 N–H and O–H groups in total. The van der Waals surface area contributed by atoms with Crippen molar-refractivity contribution in [1.29, 1.82) is 0 Å². The van der Waals surface area contributed by atoms with Gasteiger partial charge >= 0.3 is 0 Å². The van der Waals surface area contributed by atoms with Crippen molar-refractivity contribution in [2.24, 2.45) is 0 Å². The van der Waals surface area contributed by atoms with Gasteiger partial charge in [-0.05, 0) is 12.1 Å². The Morgan fingerprint density at radius 1 is 1.50 bits per heavy atom. The van der Waals surface area contributed by atoms with Gasteiger partial charge in [-0.15, -0.1) is 11.3 Å². The Kier molecular flexibility index (Phi) is 2.49. The van der Waals surface area contributed by atoms with Crippen molar-refractivity contribution in [3.05, 3.63) is 17.0 Å². The third kappa shape index (κ3) is 1.77. The number of thiophene rings is 1. The van der Waals surface area contributed by atoms with E-state index in [9.17, 15) is 9.59 Å². The largest absolute Gasteiger partial charge is 0.353 e. The van der Waals surface area contributed by atoms with Gasteiger partial charge in [0.2, 0.25) is 5.91 Å². The van der Waals surface area contributed by atoms with Gasteiger partial charge < -0.3 is 10.2 Å². The molecule has 2 rings (SSSR count). The SMILES string of the molecule is O=Cc1ccc(N2CCNC(=O)C2)s1. The summed E-state index contributed by atoms with van der Waals surface area (Å²) in [6.07, 6.45) is 0.832. The molecular formula is C9H10N2O2S. The van der Waals surface area contributed by atoms with Crippen molar-refractivity contribution in [3.8, 4) is 0 Å². The molecule has 0 radical (unpaired) electrons. The quantitative estimate of drug-likeness (QED) is 0.723. The number of piperazine rings is 1. The van der Waals surface area contributed by atoms with Crippen molar-refractivity contribution in [3.63, 3.8) is 0 Å². The number of rotatable bonds is 2. The lowest BCUT2D eigenvalue weighted by Crippen LogP contribution is -2.47. The molecule has 0 aliphatic carbocycles. The second-order valence-corrected chi connectivity index (χ2v) is 4.16. The van der Waals surface area contributed by atoms with E-state index in [1.807, 2.05) is 11.0 Å². The first-order chi connectivity index (χ1) is 6.79. The number of hydrogen-bond donors (Lipinski definition) is 1. The molecule has 0 aromatic carbocycles. The van der Waals surface area contributed by atoms with E-state index < -0.39 is 0 Å². The summed E-state index contributed by atoms with van der Waals surface area (Å²) in [6.45, 7) is 1.87. The highest BCUT2D eigenvalue weighted by Crippen LogP contribution is 2.24. The zero-order chi connectivity index (χ0) is 9.97. The van der Waals surface area contributed by atoms with Crippen LogP contribution in [0.25, 0.3) is 0 Å². The maximum atomic E-state index is 11.1. The lowest BCUT2D eigenvalue weighted by atomic mass is 10.3. The summed E-state index contributed by atoms with van der Waals surface area (Å²) in [5, 5.41) is 3.74. The molecule has 74 valence electrons. The highest BCUT2D eigenvalue weighted by molar-refractivity contribution is 7.17. The first kappa shape index (κ1) is 9.21. The third-order valence-corrected chi connectivity index (χ3v) is 3.15. The molecule has 5 heteroatoms. The topological polar surface area (TPSA) is 49.4 Å². The summed E-state index contributed by atoms with van der Waals surface area (Å²) >= 11 is 1.42. The Hall–Kier alpha value is -1.36. The van der Waals surface area contributed by atoms with Crippen LogP contribution in [-0.2, 0) is 4.79 Å². The summed E-state index contributed by atoms with van der Waals surface area (Å²) in [4.78, 5) is 24.3. The smallest absolute Gasteiger partial charge is 0.239 e. The fourth-order valence-electron chi connectivity index (χ4n) is 1.40. The van der Waals surface area contributed by atoms with Crippen molar-refractivity contribution in [2.75, 3.05) is 24.5 Å². The number of nitrogens with one attached hydrogen (secondary N) is 1. The molecule has 2 heterocycles. The fourth-order valence-corrected chi connectivity index (χ4v) is 2.25. The Labute approximate surface area is 85.5 Å². The fraction of sp³-hybridized carbons (Fsp3) is 0.333. The van der Waals surface area contributed by atoms with Crippen LogP contribution in [0, 0.1) is 0 Å². The van der Waals surface area contributed by atoms with Gasteiger partial charge in [0.1, 0.15) is 0 Å². The minimum atomic E-state index is 0.0392. The number of amides is 1. The van der Waals surface area contributed by atoms with Crippen molar-refractivity contribution < 1.29 is 9.59 Å². The minimum absolute atomic E-state index is 0.0392. The van der Waals surface area contributed by atoms with E-state index in [1.54, 1.807) is 6.07 Å². The summed E-state index contributed by atoms with van der Waals surface area (Å²) in [5.41, 5.74) is 0. The minimum Gasteiger partial charge on any atom is -0.353 e. The van der Waals surface area contributed by atoms with Crippen LogP contribution >= 0.6 is 11.3 Å². The molecule has 4 nitrogen and oxygen atoms in total. The van der Waals surface area contributed by atoms with Gasteiger partial charge in [-0.1, -0.05) is 0 Å². The average Bonchev–Trinajstić information content (AvgIpc) is 2.66. The monoisotopic (exact) mass is 210 g/mol. The summed E-state index contributed by atoms with van der Waals surface area (Å²) in [6, 6.07) is 3.66. The number of nitrogens with zero attached hydrogens (tertiary/aromatic N) is 1. The predicted octanol–water partition coefficient (Wildman–Crippen LogP) is 0.497. The lowest BCUT2D eigenvalue weighted by molar-refractivity contribution is -0.120. The van der Waals surface area contributed by atoms with Crippen LogP contribution in [0.5, 0.6) is 0 Å². The normalized spacial score (nSPS) is 16.6. The molecule has 14 heavy (non-hydrogen) atoms. The Balaban J connectivity index is 2.13. The molecule has 1 fully saturated rings. The maximum Gasteiger partial charge on any atom is 0.239 e. The molecule has 1 aromatic rings. The van der Waals surface area contributed by atoms with E-state index in [4.69, 9.17) is 0 Å². The number of aldehydes is 1. The van der Waals surface area contributed by atoms with E-state index in [0.717, 1.165) is 17.8 Å². The van der Waals surface area contributed by atoms with Crippen molar-refractivity contribution in [2.45, 2.75) is 0 Å². The Morgan fingerprint density at radius 2 is 2.36 bits per heavy atom. The summed E-state index contributed by atoms with van der Waals surface area (Å²) in [5.74, 6) is 0.0392. The first-order valence-electron chi connectivity index (χ1n) is 4.36. The van der Waals surface area contributed by atoms with E-state index in [2.05, 4.69) is 5.32 Å². The summed E-state index contributed by atoms with van der Waals surface area (Å²) in [7, 11) is 0. The highest BCUT2D eigenvalue weighted by atomic mass is 32.1. The zero-order valence-corrected chi connectivity index (χ0v) is 8.34. The Bertz CT molecular complexity index is 361. The van der Waals surface area contributed by atoms with Crippen molar-refractivity contribution in [1.82, 2.24) is 5.32 Å². The number of carbonyl (C=O) groups is 2.